The molecule has 148 valence electrons. The lowest BCUT2D eigenvalue weighted by Crippen LogP contribution is -2.39. The van der Waals surface area contributed by atoms with Crippen LogP contribution in [-0.2, 0) is 6.54 Å². The van der Waals surface area contributed by atoms with Crippen LogP contribution < -0.4 is 10.6 Å². The van der Waals surface area contributed by atoms with Crippen molar-refractivity contribution < 1.29 is 0 Å². The molecule has 0 aliphatic heterocycles. The van der Waals surface area contributed by atoms with Crippen LogP contribution in [0.1, 0.15) is 38.8 Å². The average Bonchev–Trinajstić information content (AvgIpc) is 3.22. The van der Waals surface area contributed by atoms with Crippen molar-refractivity contribution in [3.8, 4) is 0 Å². The van der Waals surface area contributed by atoms with Crippen LogP contribution in [0.25, 0.3) is 0 Å². The van der Waals surface area contributed by atoms with Crippen LogP contribution in [0.2, 0.25) is 0 Å². The van der Waals surface area contributed by atoms with Crippen LogP contribution in [0.15, 0.2) is 54.0 Å². The van der Waals surface area contributed by atoms with Crippen LogP contribution in [0.5, 0.6) is 0 Å². The van der Waals surface area contributed by atoms with Gasteiger partial charge in [-0.2, -0.15) is 0 Å². The molecule has 6 nitrogen and oxygen atoms in total. The molecule has 0 fully saturated rings. The molecular formula is C21H34N6. The molecular weight excluding hydrogens is 336 g/mol. The summed E-state index contributed by atoms with van der Waals surface area (Å²) in [5, 5.41) is 6.81. The number of benzene rings is 1. The summed E-state index contributed by atoms with van der Waals surface area (Å²) >= 11 is 0. The zero-order valence-electron chi connectivity index (χ0n) is 16.9. The van der Waals surface area contributed by atoms with Gasteiger partial charge in [-0.3, -0.25) is 9.89 Å². The summed E-state index contributed by atoms with van der Waals surface area (Å²) in [6.07, 6.45) is 6.69. The fourth-order valence-corrected chi connectivity index (χ4v) is 3.18. The molecule has 0 aliphatic carbocycles. The lowest BCUT2D eigenvalue weighted by molar-refractivity contribution is 0.224. The van der Waals surface area contributed by atoms with E-state index in [2.05, 4.69) is 76.2 Å². The Kier molecular flexibility index (Phi) is 9.41. The lowest BCUT2D eigenvalue weighted by Gasteiger charge is -2.29. The maximum absolute atomic E-state index is 4.88. The van der Waals surface area contributed by atoms with Crippen molar-refractivity contribution in [1.29, 1.82) is 0 Å². The molecule has 2 aromatic rings. The predicted molar refractivity (Wildman–Crippen MR) is 113 cm³/mol. The van der Waals surface area contributed by atoms with Gasteiger partial charge in [-0.15, -0.1) is 0 Å². The highest BCUT2D eigenvalue weighted by molar-refractivity contribution is 5.79. The van der Waals surface area contributed by atoms with Crippen molar-refractivity contribution in [3.05, 3.63) is 54.6 Å². The summed E-state index contributed by atoms with van der Waals surface area (Å²) in [4.78, 5) is 11.4. The van der Waals surface area contributed by atoms with E-state index in [4.69, 9.17) is 4.99 Å². The first kappa shape index (κ1) is 21.0. The molecule has 0 spiro atoms. The van der Waals surface area contributed by atoms with Crippen LogP contribution in [0, 0.1) is 0 Å². The van der Waals surface area contributed by atoms with Crippen LogP contribution in [0.3, 0.4) is 0 Å². The number of aliphatic imine (C=N–C) groups is 1. The number of aryl methyl sites for hydroxylation is 1. The molecule has 1 atom stereocenters. The highest BCUT2D eigenvalue weighted by Gasteiger charge is 2.17. The monoisotopic (exact) mass is 370 g/mol. The maximum atomic E-state index is 4.88. The van der Waals surface area contributed by atoms with Gasteiger partial charge >= 0.3 is 0 Å². The van der Waals surface area contributed by atoms with E-state index in [1.54, 1.807) is 0 Å². The number of aromatic nitrogens is 2. The zero-order chi connectivity index (χ0) is 19.3. The van der Waals surface area contributed by atoms with Crippen molar-refractivity contribution in [3.63, 3.8) is 0 Å². The largest absolute Gasteiger partial charge is 0.357 e. The number of nitrogens with zero attached hydrogens (tertiary/aromatic N) is 4. The number of hydrogen-bond acceptors (Lipinski definition) is 3. The van der Waals surface area contributed by atoms with E-state index in [0.29, 0.717) is 6.04 Å². The molecule has 27 heavy (non-hydrogen) atoms. The molecule has 0 bridgehead atoms. The lowest BCUT2D eigenvalue weighted by atomic mass is 10.1. The Morgan fingerprint density at radius 3 is 2.56 bits per heavy atom. The van der Waals surface area contributed by atoms with Gasteiger partial charge in [0, 0.05) is 32.0 Å². The van der Waals surface area contributed by atoms with Gasteiger partial charge in [-0.25, -0.2) is 4.98 Å². The molecule has 1 unspecified atom stereocenters. The molecule has 0 aliphatic rings. The number of hydrogen-bond donors (Lipinski definition) is 2. The van der Waals surface area contributed by atoms with E-state index < -0.39 is 0 Å². The van der Waals surface area contributed by atoms with Crippen molar-refractivity contribution in [2.24, 2.45) is 4.99 Å². The number of imidazole rings is 1. The molecule has 6 heteroatoms. The number of nitrogens with one attached hydrogen (secondary N) is 2. The second-order valence-corrected chi connectivity index (χ2v) is 6.45. The molecule has 0 saturated heterocycles. The second kappa shape index (κ2) is 12.1. The summed E-state index contributed by atoms with van der Waals surface area (Å²) < 4.78 is 2.09. The van der Waals surface area contributed by atoms with E-state index in [-0.39, 0.29) is 0 Å². The quantitative estimate of drug-likeness (QED) is 0.363. The summed E-state index contributed by atoms with van der Waals surface area (Å²) in [7, 11) is 0. The van der Waals surface area contributed by atoms with Crippen LogP contribution in [0.4, 0.5) is 0 Å². The van der Waals surface area contributed by atoms with Gasteiger partial charge in [-0.05, 0) is 32.0 Å². The van der Waals surface area contributed by atoms with E-state index >= 15 is 0 Å². The van der Waals surface area contributed by atoms with E-state index in [0.717, 1.165) is 51.6 Å². The highest BCUT2D eigenvalue weighted by atomic mass is 15.2. The molecule has 0 saturated carbocycles. The Labute approximate surface area is 163 Å². The molecule has 1 heterocycles. The summed E-state index contributed by atoms with van der Waals surface area (Å²) in [5.74, 6) is 0.885. The first-order chi connectivity index (χ1) is 13.3. The van der Waals surface area contributed by atoms with E-state index in [9.17, 15) is 0 Å². The van der Waals surface area contributed by atoms with E-state index in [1.807, 2.05) is 18.7 Å². The minimum absolute atomic E-state index is 0.294. The fraction of sp³-hybridized carbons (Fsp3) is 0.524. The number of rotatable bonds is 11. The van der Waals surface area contributed by atoms with Crippen molar-refractivity contribution >= 4 is 5.96 Å². The molecule has 0 radical (unpaired) electrons. The standard InChI is InChI=1S/C21H34N6/c1-4-23-21(24-13-10-15-26-16-14-22-18-26)25-17-20(27(5-2)6-3)19-11-8-7-9-12-19/h7-9,11-12,14,16,18,20H,4-6,10,13,15,17H2,1-3H3,(H2,23,24,25). The first-order valence-electron chi connectivity index (χ1n) is 10.0. The smallest absolute Gasteiger partial charge is 0.191 e. The Morgan fingerprint density at radius 1 is 1.15 bits per heavy atom. The van der Waals surface area contributed by atoms with Gasteiger partial charge in [0.15, 0.2) is 5.96 Å². The maximum Gasteiger partial charge on any atom is 0.191 e. The third-order valence-corrected chi connectivity index (χ3v) is 4.65. The van der Waals surface area contributed by atoms with Gasteiger partial charge in [0.1, 0.15) is 0 Å². The average molecular weight is 371 g/mol. The Balaban J connectivity index is 1.96. The molecule has 1 aromatic heterocycles. The van der Waals surface area contributed by atoms with Gasteiger partial charge in [-0.1, -0.05) is 44.2 Å². The fourth-order valence-electron chi connectivity index (χ4n) is 3.18. The molecule has 1 aromatic carbocycles. The van der Waals surface area contributed by atoms with Gasteiger partial charge in [0.05, 0.1) is 18.9 Å². The van der Waals surface area contributed by atoms with Crippen molar-refractivity contribution in [2.45, 2.75) is 39.8 Å². The van der Waals surface area contributed by atoms with Gasteiger partial charge < -0.3 is 15.2 Å². The van der Waals surface area contributed by atoms with E-state index in [1.165, 1.54) is 5.56 Å². The minimum atomic E-state index is 0.294. The Morgan fingerprint density at radius 2 is 1.93 bits per heavy atom. The van der Waals surface area contributed by atoms with Crippen LogP contribution in [-0.4, -0.2) is 53.1 Å². The third-order valence-electron chi connectivity index (χ3n) is 4.65. The van der Waals surface area contributed by atoms with Crippen molar-refractivity contribution in [1.82, 2.24) is 25.1 Å². The zero-order valence-corrected chi connectivity index (χ0v) is 16.9. The van der Waals surface area contributed by atoms with Gasteiger partial charge in [0.25, 0.3) is 0 Å². The highest BCUT2D eigenvalue weighted by Crippen LogP contribution is 2.20. The Hall–Kier alpha value is -2.34. The topological polar surface area (TPSA) is 57.5 Å². The first-order valence-corrected chi connectivity index (χ1v) is 10.0. The normalized spacial score (nSPS) is 13.0. The SMILES string of the molecule is CCNC(=NCC(c1ccccc1)N(CC)CC)NCCCn1ccnc1. The summed E-state index contributed by atoms with van der Waals surface area (Å²) in [6, 6.07) is 11.0. The summed E-state index contributed by atoms with van der Waals surface area (Å²) in [6.45, 7) is 12.0. The molecule has 0 amide bonds. The van der Waals surface area contributed by atoms with Crippen LogP contribution >= 0.6 is 0 Å². The van der Waals surface area contributed by atoms with Gasteiger partial charge in [0.2, 0.25) is 0 Å². The van der Waals surface area contributed by atoms with Crippen molar-refractivity contribution in [2.75, 3.05) is 32.7 Å². The second-order valence-electron chi connectivity index (χ2n) is 6.45. The predicted octanol–water partition coefficient (Wildman–Crippen LogP) is 2.91. The number of guanidine groups is 1. The molecule has 2 N–H and O–H groups in total. The number of likely N-dealkylation sites (N-methyl/N-ethyl adjacent to an activating group) is 1. The Bertz CT molecular complexity index is 634. The minimum Gasteiger partial charge on any atom is -0.357 e. The third kappa shape index (κ3) is 7.06. The molecule has 2 rings (SSSR count). The summed E-state index contributed by atoms with van der Waals surface area (Å²) in [5.41, 5.74) is 1.32.